The Labute approximate surface area is 176 Å². The summed E-state index contributed by atoms with van der Waals surface area (Å²) in [5.41, 5.74) is 1.23. The molecule has 148 valence electrons. The lowest BCUT2D eigenvalue weighted by Gasteiger charge is -2.43. The highest BCUT2D eigenvalue weighted by Crippen LogP contribution is 2.44. The van der Waals surface area contributed by atoms with Gasteiger partial charge >= 0.3 is 0 Å². The van der Waals surface area contributed by atoms with Gasteiger partial charge in [-0.15, -0.1) is 0 Å². The number of hydrogen-bond donors (Lipinski definition) is 1. The van der Waals surface area contributed by atoms with Crippen LogP contribution in [0.1, 0.15) is 43.6 Å². The van der Waals surface area contributed by atoms with E-state index in [0.29, 0.717) is 9.99 Å². The first-order valence-corrected chi connectivity index (χ1v) is 10.4. The summed E-state index contributed by atoms with van der Waals surface area (Å²) in [4.78, 5) is 5.31. The second-order valence-electron chi connectivity index (χ2n) is 8.19. The van der Waals surface area contributed by atoms with Crippen LogP contribution in [0.4, 0.5) is 13.2 Å². The number of nitrogens with one attached hydrogen (secondary N) is 1. The van der Waals surface area contributed by atoms with Gasteiger partial charge in [-0.2, -0.15) is 0 Å². The fourth-order valence-electron chi connectivity index (χ4n) is 4.33. The second kappa shape index (κ2) is 7.06. The van der Waals surface area contributed by atoms with Crippen LogP contribution < -0.4 is 0 Å². The zero-order valence-electron chi connectivity index (χ0n) is 16.0. The third-order valence-electron chi connectivity index (χ3n) is 5.37. The van der Waals surface area contributed by atoms with Crippen LogP contribution in [-0.4, -0.2) is 28.1 Å². The minimum atomic E-state index is -1.49. The van der Waals surface area contributed by atoms with E-state index in [-0.39, 0.29) is 18.2 Å². The highest BCUT2D eigenvalue weighted by atomic mass is 127. The number of nitrogens with zero attached hydrogens (tertiary/aromatic N) is 1. The SMILES string of the molecule is CC1Cc2[nH]c3ccccc3c2C(c2c(F)cc(I)cc2F)N1CC(C)(C)F. The average Bonchev–Trinajstić information content (AvgIpc) is 2.93. The summed E-state index contributed by atoms with van der Waals surface area (Å²) in [5, 5.41) is 0.924. The highest BCUT2D eigenvalue weighted by Gasteiger charge is 2.40. The number of halogens is 4. The van der Waals surface area contributed by atoms with Gasteiger partial charge in [0.15, 0.2) is 0 Å². The molecule has 6 heteroatoms. The van der Waals surface area contributed by atoms with Crippen LogP contribution in [0.3, 0.4) is 0 Å². The maximum Gasteiger partial charge on any atom is 0.132 e. The summed E-state index contributed by atoms with van der Waals surface area (Å²) in [6.07, 6.45) is 0.671. The first-order chi connectivity index (χ1) is 13.2. The Hall–Kier alpha value is -1.54. The summed E-state index contributed by atoms with van der Waals surface area (Å²) in [7, 11) is 0. The van der Waals surface area contributed by atoms with Gasteiger partial charge in [0.2, 0.25) is 0 Å². The van der Waals surface area contributed by atoms with Crippen LogP contribution in [0.25, 0.3) is 10.9 Å². The quantitative estimate of drug-likeness (QED) is 0.431. The van der Waals surface area contributed by atoms with Crippen molar-refractivity contribution in [2.45, 2.75) is 44.9 Å². The van der Waals surface area contributed by atoms with Crippen molar-refractivity contribution in [2.75, 3.05) is 6.54 Å². The number of aromatic amines is 1. The fraction of sp³-hybridized carbons (Fsp3) is 0.364. The highest BCUT2D eigenvalue weighted by molar-refractivity contribution is 14.1. The van der Waals surface area contributed by atoms with Gasteiger partial charge in [0, 0.05) is 50.3 Å². The molecule has 1 aliphatic heterocycles. The molecule has 0 aliphatic carbocycles. The van der Waals surface area contributed by atoms with Crippen molar-refractivity contribution in [1.29, 1.82) is 0 Å². The van der Waals surface area contributed by atoms with E-state index in [1.807, 2.05) is 58.7 Å². The smallest absolute Gasteiger partial charge is 0.132 e. The topological polar surface area (TPSA) is 19.0 Å². The van der Waals surface area contributed by atoms with E-state index >= 15 is 8.78 Å². The Morgan fingerprint density at radius 1 is 1.14 bits per heavy atom. The molecule has 2 unspecified atom stereocenters. The molecular formula is C22H22F3IN2. The zero-order valence-corrected chi connectivity index (χ0v) is 18.1. The third kappa shape index (κ3) is 3.45. The number of fused-ring (bicyclic) bond motifs is 3. The van der Waals surface area contributed by atoms with Gasteiger partial charge in [-0.1, -0.05) is 18.2 Å². The van der Waals surface area contributed by atoms with Crippen molar-refractivity contribution in [1.82, 2.24) is 9.88 Å². The third-order valence-corrected chi connectivity index (χ3v) is 6.00. The number of aromatic nitrogens is 1. The fourth-order valence-corrected chi connectivity index (χ4v) is 4.88. The van der Waals surface area contributed by atoms with Crippen LogP contribution in [0.5, 0.6) is 0 Å². The number of benzene rings is 2. The minimum absolute atomic E-state index is 0.0118. The molecule has 2 nitrogen and oxygen atoms in total. The Bertz CT molecular complexity index is 1010. The van der Waals surface area contributed by atoms with Crippen molar-refractivity contribution in [3.8, 4) is 0 Å². The lowest BCUT2D eigenvalue weighted by Crippen LogP contribution is -2.48. The number of para-hydroxylation sites is 1. The number of rotatable bonds is 3. The Kier molecular flexibility index (Phi) is 4.98. The maximum absolute atomic E-state index is 15.1. The summed E-state index contributed by atoms with van der Waals surface area (Å²) in [5.74, 6) is -1.19. The predicted octanol–water partition coefficient (Wildman–Crippen LogP) is 6.13. The van der Waals surface area contributed by atoms with Crippen LogP contribution in [0.15, 0.2) is 36.4 Å². The van der Waals surface area contributed by atoms with E-state index in [9.17, 15) is 4.39 Å². The van der Waals surface area contributed by atoms with E-state index in [4.69, 9.17) is 0 Å². The van der Waals surface area contributed by atoms with Crippen molar-refractivity contribution >= 4 is 33.5 Å². The number of H-pyrrole nitrogens is 1. The van der Waals surface area contributed by atoms with Crippen LogP contribution >= 0.6 is 22.6 Å². The van der Waals surface area contributed by atoms with Gasteiger partial charge < -0.3 is 4.98 Å². The van der Waals surface area contributed by atoms with Gasteiger partial charge in [-0.3, -0.25) is 4.90 Å². The van der Waals surface area contributed by atoms with Gasteiger partial charge in [0.25, 0.3) is 0 Å². The number of hydrogen-bond acceptors (Lipinski definition) is 1. The number of alkyl halides is 1. The Morgan fingerprint density at radius 2 is 1.79 bits per heavy atom. The molecule has 0 fully saturated rings. The van der Waals surface area contributed by atoms with Crippen molar-refractivity contribution in [3.63, 3.8) is 0 Å². The molecule has 0 spiro atoms. The molecule has 4 rings (SSSR count). The molecule has 0 bridgehead atoms. The molecule has 28 heavy (non-hydrogen) atoms. The van der Waals surface area contributed by atoms with Crippen LogP contribution in [0, 0.1) is 15.2 Å². The lowest BCUT2D eigenvalue weighted by atomic mass is 9.86. The van der Waals surface area contributed by atoms with Crippen molar-refractivity contribution in [3.05, 3.63) is 68.4 Å². The summed E-state index contributed by atoms with van der Waals surface area (Å²) < 4.78 is 45.3. The average molecular weight is 498 g/mol. The zero-order chi connectivity index (χ0) is 20.2. The van der Waals surface area contributed by atoms with E-state index in [1.165, 1.54) is 26.0 Å². The molecule has 2 atom stereocenters. The van der Waals surface area contributed by atoms with Crippen molar-refractivity contribution in [2.24, 2.45) is 0 Å². The van der Waals surface area contributed by atoms with E-state index in [0.717, 1.165) is 22.2 Å². The molecule has 1 N–H and O–H groups in total. The molecule has 0 amide bonds. The first-order valence-electron chi connectivity index (χ1n) is 9.34. The van der Waals surface area contributed by atoms with Crippen LogP contribution in [-0.2, 0) is 6.42 Å². The van der Waals surface area contributed by atoms with Gasteiger partial charge in [0.05, 0.1) is 6.04 Å². The molecule has 3 aromatic rings. The molecule has 0 saturated heterocycles. The lowest BCUT2D eigenvalue weighted by molar-refractivity contribution is 0.0654. The second-order valence-corrected chi connectivity index (χ2v) is 9.44. The van der Waals surface area contributed by atoms with E-state index in [1.54, 1.807) is 0 Å². The first kappa shape index (κ1) is 19.8. The molecule has 2 heterocycles. The van der Waals surface area contributed by atoms with Crippen LogP contribution in [0.2, 0.25) is 0 Å². The molecule has 0 saturated carbocycles. The van der Waals surface area contributed by atoms with Crippen molar-refractivity contribution < 1.29 is 13.2 Å². The summed E-state index contributed by atoms with van der Waals surface area (Å²) in [6.45, 7) is 5.07. The normalized spacial score (nSPS) is 20.5. The maximum atomic E-state index is 15.1. The monoisotopic (exact) mass is 498 g/mol. The molecule has 2 aromatic carbocycles. The Balaban J connectivity index is 2.00. The molecule has 1 aliphatic rings. The molecule has 1 aromatic heterocycles. The van der Waals surface area contributed by atoms with Gasteiger partial charge in [-0.05, 0) is 61.6 Å². The van der Waals surface area contributed by atoms with E-state index in [2.05, 4.69) is 4.98 Å². The van der Waals surface area contributed by atoms with Gasteiger partial charge in [0.1, 0.15) is 17.3 Å². The largest absolute Gasteiger partial charge is 0.358 e. The summed E-state index contributed by atoms with van der Waals surface area (Å²) >= 11 is 1.90. The van der Waals surface area contributed by atoms with Gasteiger partial charge in [-0.25, -0.2) is 13.2 Å². The van der Waals surface area contributed by atoms with E-state index < -0.39 is 23.3 Å². The molecule has 0 radical (unpaired) electrons. The Morgan fingerprint density at radius 3 is 2.43 bits per heavy atom. The predicted molar refractivity (Wildman–Crippen MR) is 114 cm³/mol. The standard InChI is InChI=1S/C22H22F3IN2/c1-12-8-18-19(14-6-4-5-7-17(14)27-18)21(28(12)11-22(2,3)25)20-15(23)9-13(26)10-16(20)24/h4-7,9-10,12,21,27H,8,11H2,1-3H3. The minimum Gasteiger partial charge on any atom is -0.358 e. The molecular weight excluding hydrogens is 476 g/mol. The summed E-state index contributed by atoms with van der Waals surface area (Å²) in [6, 6.07) is 9.67.